The maximum Gasteiger partial charge on any atom is 0.255 e. The molecule has 1 N–H and O–H groups in total. The lowest BCUT2D eigenvalue weighted by Crippen LogP contribution is -2.26. The fourth-order valence-electron chi connectivity index (χ4n) is 2.37. The lowest BCUT2D eigenvalue weighted by Gasteiger charge is -2.22. The van der Waals surface area contributed by atoms with E-state index in [2.05, 4.69) is 17.2 Å². The number of hydrogen-bond acceptors (Lipinski definition) is 4. The van der Waals surface area contributed by atoms with Gasteiger partial charge in [0.2, 0.25) is 0 Å². The van der Waals surface area contributed by atoms with E-state index in [1.54, 1.807) is 23.3 Å². The van der Waals surface area contributed by atoms with Crippen LogP contribution in [0.2, 0.25) is 0 Å². The van der Waals surface area contributed by atoms with Crippen molar-refractivity contribution in [1.82, 2.24) is 10.3 Å². The van der Waals surface area contributed by atoms with Gasteiger partial charge in [-0.05, 0) is 32.2 Å². The Balaban J connectivity index is 2.11. The summed E-state index contributed by atoms with van der Waals surface area (Å²) in [6, 6.07) is 0.300. The molecule has 1 aliphatic rings. The Morgan fingerprint density at radius 2 is 2.32 bits per heavy atom. The van der Waals surface area contributed by atoms with E-state index in [0.717, 1.165) is 43.1 Å². The van der Waals surface area contributed by atoms with Crippen molar-refractivity contribution < 1.29 is 8.78 Å². The van der Waals surface area contributed by atoms with Crippen molar-refractivity contribution in [3.63, 3.8) is 0 Å². The zero-order valence-electron chi connectivity index (χ0n) is 11.5. The third-order valence-electron chi connectivity index (χ3n) is 3.32. The largest absolute Gasteiger partial charge is 0.345 e. The highest BCUT2D eigenvalue weighted by Gasteiger charge is 2.25. The first kappa shape index (κ1) is 14.7. The number of nitrogens with one attached hydrogen (secondary N) is 1. The van der Waals surface area contributed by atoms with E-state index in [-0.39, 0.29) is 6.54 Å². The van der Waals surface area contributed by atoms with Gasteiger partial charge in [-0.15, -0.1) is 11.3 Å². The van der Waals surface area contributed by atoms with Crippen LogP contribution >= 0.6 is 11.3 Å². The fourth-order valence-corrected chi connectivity index (χ4v) is 3.50. The molecule has 0 aromatic carbocycles. The van der Waals surface area contributed by atoms with E-state index >= 15 is 0 Å². The van der Waals surface area contributed by atoms with Crippen molar-refractivity contribution in [1.29, 1.82) is 0 Å². The van der Waals surface area contributed by atoms with E-state index < -0.39 is 6.43 Å². The Morgan fingerprint density at radius 3 is 3.00 bits per heavy atom. The van der Waals surface area contributed by atoms with Crippen LogP contribution in [0, 0.1) is 0 Å². The van der Waals surface area contributed by atoms with E-state index in [1.165, 1.54) is 4.88 Å². The molecule has 1 heterocycles. The number of halogens is 2. The summed E-state index contributed by atoms with van der Waals surface area (Å²) >= 11 is 1.56. The second kappa shape index (κ2) is 6.61. The van der Waals surface area contributed by atoms with E-state index in [0.29, 0.717) is 6.04 Å². The molecule has 0 fully saturated rings. The number of aryl methyl sites for hydroxylation is 1. The average molecular weight is 289 g/mol. The van der Waals surface area contributed by atoms with Gasteiger partial charge in [0.05, 0.1) is 18.3 Å². The van der Waals surface area contributed by atoms with Gasteiger partial charge in [-0.1, -0.05) is 6.92 Å². The van der Waals surface area contributed by atoms with Crippen LogP contribution in [0.1, 0.15) is 42.8 Å². The molecule has 1 unspecified atom stereocenters. The van der Waals surface area contributed by atoms with Crippen LogP contribution in [0.15, 0.2) is 0 Å². The summed E-state index contributed by atoms with van der Waals surface area (Å²) in [6.07, 6.45) is 2.04. The summed E-state index contributed by atoms with van der Waals surface area (Å²) in [4.78, 5) is 7.41. The predicted octanol–water partition coefficient (Wildman–Crippen LogP) is 3.22. The molecule has 0 spiro atoms. The number of fused-ring (bicyclic) bond motifs is 1. The first-order valence-corrected chi connectivity index (χ1v) is 7.65. The van der Waals surface area contributed by atoms with Gasteiger partial charge in [0.25, 0.3) is 6.43 Å². The lowest BCUT2D eigenvalue weighted by molar-refractivity contribution is 0.156. The van der Waals surface area contributed by atoms with Crippen molar-refractivity contribution >= 4 is 16.5 Å². The molecule has 3 nitrogen and oxygen atoms in total. The van der Waals surface area contributed by atoms with Crippen molar-refractivity contribution in [2.75, 3.05) is 25.0 Å². The van der Waals surface area contributed by atoms with Gasteiger partial charge in [-0.2, -0.15) is 0 Å². The highest BCUT2D eigenvalue weighted by molar-refractivity contribution is 7.15. The van der Waals surface area contributed by atoms with Gasteiger partial charge < -0.3 is 10.2 Å². The van der Waals surface area contributed by atoms with E-state index in [1.807, 2.05) is 0 Å². The smallest absolute Gasteiger partial charge is 0.255 e. The van der Waals surface area contributed by atoms with Crippen molar-refractivity contribution in [2.45, 2.75) is 45.1 Å². The summed E-state index contributed by atoms with van der Waals surface area (Å²) in [5.41, 5.74) is 1.08. The van der Waals surface area contributed by atoms with Crippen LogP contribution in [-0.4, -0.2) is 31.5 Å². The van der Waals surface area contributed by atoms with Crippen LogP contribution in [0.3, 0.4) is 0 Å². The van der Waals surface area contributed by atoms with Gasteiger partial charge in [-0.3, -0.25) is 0 Å². The molecule has 0 aliphatic heterocycles. The molecule has 1 atom stereocenters. The minimum Gasteiger partial charge on any atom is -0.345 e. The molecule has 0 radical (unpaired) electrons. The third-order valence-corrected chi connectivity index (χ3v) is 4.57. The normalized spacial score (nSPS) is 18.7. The molecule has 1 aliphatic carbocycles. The molecule has 108 valence electrons. The molecule has 19 heavy (non-hydrogen) atoms. The Morgan fingerprint density at radius 1 is 1.53 bits per heavy atom. The number of nitrogens with zero attached hydrogens (tertiary/aromatic N) is 2. The highest BCUT2D eigenvalue weighted by atomic mass is 32.1. The topological polar surface area (TPSA) is 28.2 Å². The summed E-state index contributed by atoms with van der Waals surface area (Å²) < 4.78 is 24.8. The number of alkyl halides is 2. The van der Waals surface area contributed by atoms with Crippen LogP contribution in [0.25, 0.3) is 0 Å². The Bertz CT molecular complexity index is 409. The SMILES string of the molecule is CCCNC1CCCc2sc(N(C)CC(F)F)nc21. The van der Waals surface area contributed by atoms with Crippen LogP contribution in [0.4, 0.5) is 13.9 Å². The number of thiazole rings is 1. The molecule has 0 saturated carbocycles. The van der Waals surface area contributed by atoms with E-state index in [9.17, 15) is 8.78 Å². The van der Waals surface area contributed by atoms with Gasteiger partial charge in [0, 0.05) is 11.9 Å². The molecule has 1 aromatic heterocycles. The Labute approximate surface area is 117 Å². The first-order chi connectivity index (χ1) is 9.11. The van der Waals surface area contributed by atoms with Crippen LogP contribution < -0.4 is 10.2 Å². The molecule has 6 heteroatoms. The van der Waals surface area contributed by atoms with Crippen LogP contribution in [-0.2, 0) is 6.42 Å². The molecule has 0 saturated heterocycles. The standard InChI is InChI=1S/C13H21F2N3S/c1-3-7-16-9-5-4-6-10-12(9)17-13(19-10)18(2)8-11(14)15/h9,11,16H,3-8H2,1-2H3. The first-order valence-electron chi connectivity index (χ1n) is 6.84. The number of hydrogen-bond donors (Lipinski definition) is 1. The minimum atomic E-state index is -2.32. The zero-order chi connectivity index (χ0) is 13.8. The average Bonchev–Trinajstić information content (AvgIpc) is 2.80. The maximum atomic E-state index is 12.4. The second-order valence-corrected chi connectivity index (χ2v) is 6.04. The quantitative estimate of drug-likeness (QED) is 0.871. The molecule has 0 bridgehead atoms. The van der Waals surface area contributed by atoms with E-state index in [4.69, 9.17) is 0 Å². The molecule has 1 aromatic rings. The van der Waals surface area contributed by atoms with Gasteiger partial charge in [0.15, 0.2) is 5.13 Å². The highest BCUT2D eigenvalue weighted by Crippen LogP contribution is 2.36. The third kappa shape index (κ3) is 3.63. The minimum absolute atomic E-state index is 0.251. The van der Waals surface area contributed by atoms with Gasteiger partial charge >= 0.3 is 0 Å². The van der Waals surface area contributed by atoms with Gasteiger partial charge in [0.1, 0.15) is 0 Å². The number of rotatable bonds is 6. The zero-order valence-corrected chi connectivity index (χ0v) is 12.3. The van der Waals surface area contributed by atoms with Crippen molar-refractivity contribution in [2.24, 2.45) is 0 Å². The Kier molecular flexibility index (Phi) is 5.10. The summed E-state index contributed by atoms with van der Waals surface area (Å²) in [7, 11) is 1.69. The molecular formula is C13H21F2N3S. The monoisotopic (exact) mass is 289 g/mol. The van der Waals surface area contributed by atoms with Crippen molar-refractivity contribution in [3.8, 4) is 0 Å². The molecule has 2 rings (SSSR count). The second-order valence-electron chi connectivity index (χ2n) is 4.98. The fraction of sp³-hybridized carbons (Fsp3) is 0.769. The maximum absolute atomic E-state index is 12.4. The number of anilines is 1. The van der Waals surface area contributed by atoms with Gasteiger partial charge in [-0.25, -0.2) is 13.8 Å². The summed E-state index contributed by atoms with van der Waals surface area (Å²) in [5.74, 6) is 0. The number of aromatic nitrogens is 1. The summed E-state index contributed by atoms with van der Waals surface area (Å²) in [6.45, 7) is 2.86. The molecular weight excluding hydrogens is 268 g/mol. The Hall–Kier alpha value is -0.750. The predicted molar refractivity (Wildman–Crippen MR) is 75.4 cm³/mol. The molecule has 0 amide bonds. The summed E-state index contributed by atoms with van der Waals surface area (Å²) in [5, 5.41) is 4.22. The van der Waals surface area contributed by atoms with Crippen LogP contribution in [0.5, 0.6) is 0 Å². The van der Waals surface area contributed by atoms with Crippen molar-refractivity contribution in [3.05, 3.63) is 10.6 Å². The lowest BCUT2D eigenvalue weighted by atomic mass is 9.97.